The Balaban J connectivity index is 1.55. The molecular formula is C18H20NO4S2-. The predicted octanol–water partition coefficient (Wildman–Crippen LogP) is 2.91. The molecule has 25 heavy (non-hydrogen) atoms. The van der Waals surface area contributed by atoms with E-state index in [2.05, 4.69) is 6.92 Å². The Hall–Kier alpha value is -1.60. The molecule has 1 aromatic rings. The first-order valence-corrected chi connectivity index (χ1v) is 9.73. The summed E-state index contributed by atoms with van der Waals surface area (Å²) in [6.07, 6.45) is 4.97. The summed E-state index contributed by atoms with van der Waals surface area (Å²) in [5.41, 5.74) is 0. The van der Waals surface area contributed by atoms with Crippen LogP contribution in [0, 0.1) is 5.92 Å². The molecule has 1 saturated carbocycles. The van der Waals surface area contributed by atoms with Crippen molar-refractivity contribution in [1.82, 2.24) is 4.90 Å². The van der Waals surface area contributed by atoms with E-state index in [9.17, 15) is 14.7 Å². The maximum absolute atomic E-state index is 12.5. The number of carboxylic acid groups (broad SMARTS) is 1. The molecule has 0 N–H and O–H groups in total. The summed E-state index contributed by atoms with van der Waals surface area (Å²) in [5, 5.41) is 10.4. The van der Waals surface area contributed by atoms with E-state index in [1.807, 2.05) is 12.1 Å². The highest BCUT2D eigenvalue weighted by Crippen LogP contribution is 2.47. The van der Waals surface area contributed by atoms with Crippen LogP contribution >= 0.6 is 24.0 Å². The van der Waals surface area contributed by atoms with E-state index in [1.54, 1.807) is 11.0 Å². The SMILES string of the molecule is C[C@@H]1C[C@@H]1c1ccc(/C=C2\SC(=S)N(CCCCCC(=O)[O-])C2=O)o1. The number of thioether (sulfide) groups is 1. The number of nitrogens with zero attached hydrogens (tertiary/aromatic N) is 1. The topological polar surface area (TPSA) is 73.6 Å². The van der Waals surface area contributed by atoms with Crippen LogP contribution in [0.1, 0.15) is 56.5 Å². The first-order valence-electron chi connectivity index (χ1n) is 8.50. The van der Waals surface area contributed by atoms with Crippen molar-refractivity contribution in [2.45, 2.75) is 44.9 Å². The van der Waals surface area contributed by atoms with Gasteiger partial charge in [-0.1, -0.05) is 37.3 Å². The van der Waals surface area contributed by atoms with Crippen molar-refractivity contribution < 1.29 is 19.1 Å². The molecule has 2 aliphatic rings. The van der Waals surface area contributed by atoms with Gasteiger partial charge in [-0.2, -0.15) is 0 Å². The smallest absolute Gasteiger partial charge is 0.266 e. The zero-order valence-corrected chi connectivity index (χ0v) is 15.7. The highest BCUT2D eigenvalue weighted by atomic mass is 32.2. The van der Waals surface area contributed by atoms with Crippen molar-refractivity contribution in [3.05, 3.63) is 28.6 Å². The number of furan rings is 1. The number of amides is 1. The minimum absolute atomic E-state index is 0.0543. The van der Waals surface area contributed by atoms with E-state index in [1.165, 1.54) is 11.8 Å². The predicted molar refractivity (Wildman–Crippen MR) is 98.6 cm³/mol. The van der Waals surface area contributed by atoms with Gasteiger partial charge in [-0.05, 0) is 43.7 Å². The standard InChI is InChI=1S/C18H21NO4S2/c1-11-9-13(11)14-7-6-12(23-14)10-15-17(22)19(18(24)25-15)8-4-2-3-5-16(20)21/h6-7,10-11,13H,2-5,8-9H2,1H3,(H,20,21)/p-1/b15-10-/t11-,13+/m1/s1. The van der Waals surface area contributed by atoms with Crippen LogP contribution in [0.5, 0.6) is 0 Å². The fourth-order valence-corrected chi connectivity index (χ4v) is 4.19. The third-order valence-corrected chi connectivity index (χ3v) is 5.91. The Kier molecular flexibility index (Phi) is 5.64. The van der Waals surface area contributed by atoms with E-state index in [0.717, 1.165) is 25.0 Å². The van der Waals surface area contributed by atoms with Crippen molar-refractivity contribution in [3.8, 4) is 0 Å². The first-order chi connectivity index (χ1) is 12.0. The number of carbonyl (C=O) groups is 2. The van der Waals surface area contributed by atoms with E-state index < -0.39 is 5.97 Å². The van der Waals surface area contributed by atoms with Crippen molar-refractivity contribution in [2.24, 2.45) is 5.92 Å². The molecule has 0 spiro atoms. The Morgan fingerprint density at radius 2 is 2.20 bits per heavy atom. The number of hydrogen-bond acceptors (Lipinski definition) is 6. The Bertz CT molecular complexity index is 724. The molecule has 1 aliphatic heterocycles. The van der Waals surface area contributed by atoms with Gasteiger partial charge in [-0.25, -0.2) is 0 Å². The van der Waals surface area contributed by atoms with Gasteiger partial charge in [0, 0.05) is 24.5 Å². The summed E-state index contributed by atoms with van der Waals surface area (Å²) in [4.78, 5) is 25.0. The van der Waals surface area contributed by atoms with Gasteiger partial charge in [0.2, 0.25) is 0 Å². The van der Waals surface area contributed by atoms with Crippen LogP contribution < -0.4 is 5.11 Å². The maximum atomic E-state index is 12.5. The summed E-state index contributed by atoms with van der Waals surface area (Å²) >= 11 is 6.58. The normalized spacial score (nSPS) is 24.4. The van der Waals surface area contributed by atoms with Gasteiger partial charge in [0.05, 0.1) is 4.91 Å². The largest absolute Gasteiger partial charge is 0.550 e. The van der Waals surface area contributed by atoms with Crippen LogP contribution in [0.2, 0.25) is 0 Å². The Morgan fingerprint density at radius 1 is 1.44 bits per heavy atom. The van der Waals surface area contributed by atoms with E-state index in [0.29, 0.717) is 39.8 Å². The van der Waals surface area contributed by atoms with Crippen LogP contribution in [0.3, 0.4) is 0 Å². The molecule has 7 heteroatoms. The molecule has 5 nitrogen and oxygen atoms in total. The molecule has 1 saturated heterocycles. The van der Waals surface area contributed by atoms with Crippen molar-refractivity contribution >= 4 is 46.3 Å². The molecule has 0 aromatic carbocycles. The highest BCUT2D eigenvalue weighted by Gasteiger charge is 2.37. The van der Waals surface area contributed by atoms with Gasteiger partial charge < -0.3 is 14.3 Å². The summed E-state index contributed by atoms with van der Waals surface area (Å²) in [6, 6.07) is 3.88. The first kappa shape index (κ1) is 18.2. The van der Waals surface area contributed by atoms with Crippen LogP contribution in [-0.2, 0) is 9.59 Å². The number of hydrogen-bond donors (Lipinski definition) is 0. The number of unbranched alkanes of at least 4 members (excludes halogenated alkanes) is 2. The quantitative estimate of drug-likeness (QED) is 0.393. The van der Waals surface area contributed by atoms with E-state index in [4.69, 9.17) is 16.6 Å². The minimum Gasteiger partial charge on any atom is -0.550 e. The summed E-state index contributed by atoms with van der Waals surface area (Å²) in [7, 11) is 0. The average Bonchev–Trinajstić information content (AvgIpc) is 3.00. The van der Waals surface area contributed by atoms with Crippen LogP contribution in [0.4, 0.5) is 0 Å². The van der Waals surface area contributed by atoms with Gasteiger partial charge in [0.25, 0.3) is 5.91 Å². The monoisotopic (exact) mass is 378 g/mol. The van der Waals surface area contributed by atoms with Crippen molar-refractivity contribution in [1.29, 1.82) is 0 Å². The number of rotatable bonds is 8. The highest BCUT2D eigenvalue weighted by molar-refractivity contribution is 8.26. The fourth-order valence-electron chi connectivity index (χ4n) is 2.90. The third kappa shape index (κ3) is 4.52. The van der Waals surface area contributed by atoms with E-state index >= 15 is 0 Å². The zero-order valence-electron chi connectivity index (χ0n) is 14.0. The van der Waals surface area contributed by atoms with Gasteiger partial charge in [0.15, 0.2) is 0 Å². The Labute approximate surface area is 156 Å². The summed E-state index contributed by atoms with van der Waals surface area (Å²) in [6.45, 7) is 2.71. The molecule has 0 unspecified atom stereocenters. The molecule has 2 heterocycles. The molecule has 134 valence electrons. The van der Waals surface area contributed by atoms with E-state index in [-0.39, 0.29) is 12.3 Å². The van der Waals surface area contributed by atoms with Gasteiger partial charge >= 0.3 is 0 Å². The van der Waals surface area contributed by atoms with Crippen LogP contribution in [0.15, 0.2) is 21.5 Å². The molecule has 1 amide bonds. The lowest BCUT2D eigenvalue weighted by Gasteiger charge is -2.14. The summed E-state index contributed by atoms with van der Waals surface area (Å²) in [5.74, 6) is 1.72. The number of thiocarbonyl (C=S) groups is 1. The number of carboxylic acids is 1. The van der Waals surface area contributed by atoms with Crippen LogP contribution in [0.25, 0.3) is 6.08 Å². The molecule has 0 bridgehead atoms. The second-order valence-corrected chi connectivity index (χ2v) is 8.25. The summed E-state index contributed by atoms with van der Waals surface area (Å²) < 4.78 is 6.37. The maximum Gasteiger partial charge on any atom is 0.266 e. The number of aliphatic carboxylic acids is 1. The number of carbonyl (C=O) groups excluding carboxylic acids is 2. The molecule has 0 radical (unpaired) electrons. The molecule has 2 atom stereocenters. The fraction of sp³-hybridized carbons (Fsp3) is 0.500. The molecular weight excluding hydrogens is 358 g/mol. The van der Waals surface area contributed by atoms with Crippen molar-refractivity contribution in [2.75, 3.05) is 6.54 Å². The lowest BCUT2D eigenvalue weighted by molar-refractivity contribution is -0.305. The third-order valence-electron chi connectivity index (χ3n) is 4.53. The lowest BCUT2D eigenvalue weighted by Crippen LogP contribution is -2.29. The molecule has 1 aliphatic carbocycles. The zero-order chi connectivity index (χ0) is 18.0. The van der Waals surface area contributed by atoms with Gasteiger partial charge in [-0.3, -0.25) is 9.69 Å². The minimum atomic E-state index is -1.04. The average molecular weight is 378 g/mol. The Morgan fingerprint density at radius 3 is 2.88 bits per heavy atom. The lowest BCUT2D eigenvalue weighted by atomic mass is 10.2. The van der Waals surface area contributed by atoms with Crippen molar-refractivity contribution in [3.63, 3.8) is 0 Å². The van der Waals surface area contributed by atoms with Gasteiger partial charge in [-0.15, -0.1) is 0 Å². The second kappa shape index (κ2) is 7.74. The van der Waals surface area contributed by atoms with Gasteiger partial charge in [0.1, 0.15) is 15.8 Å². The molecule has 2 fully saturated rings. The molecule has 1 aromatic heterocycles. The second-order valence-electron chi connectivity index (χ2n) is 6.58. The van der Waals surface area contributed by atoms with Crippen LogP contribution in [-0.4, -0.2) is 27.6 Å². The molecule has 3 rings (SSSR count).